The van der Waals surface area contributed by atoms with E-state index in [0.717, 1.165) is 5.56 Å². The van der Waals surface area contributed by atoms with E-state index in [1.807, 2.05) is 13.8 Å². The molecule has 1 fully saturated rings. The van der Waals surface area contributed by atoms with Crippen LogP contribution in [0.1, 0.15) is 31.9 Å². The number of nitrogens with one attached hydrogen (secondary N) is 1. The highest BCUT2D eigenvalue weighted by molar-refractivity contribution is 7.91. The number of nitrogens with zero attached hydrogens (tertiary/aromatic N) is 1. The molecule has 1 saturated heterocycles. The molecule has 1 aliphatic heterocycles. The van der Waals surface area contributed by atoms with E-state index in [4.69, 9.17) is 0 Å². The van der Waals surface area contributed by atoms with E-state index in [1.165, 1.54) is 17.0 Å². The molecule has 0 bridgehead atoms. The zero-order valence-electron chi connectivity index (χ0n) is 13.6. The molecule has 1 heterocycles. The van der Waals surface area contributed by atoms with Gasteiger partial charge in [-0.2, -0.15) is 0 Å². The minimum absolute atomic E-state index is 0.0137. The summed E-state index contributed by atoms with van der Waals surface area (Å²) in [5.41, 5.74) is 0.821. The number of urea groups is 1. The molecule has 5 nitrogen and oxygen atoms in total. The maximum absolute atomic E-state index is 13.1. The molecule has 23 heavy (non-hydrogen) atoms. The number of amides is 2. The predicted octanol–water partition coefficient (Wildman–Crippen LogP) is 2.35. The highest BCUT2D eigenvalue weighted by Crippen LogP contribution is 2.23. The number of halogens is 1. The van der Waals surface area contributed by atoms with Gasteiger partial charge in [-0.3, -0.25) is 0 Å². The second-order valence-electron chi connectivity index (χ2n) is 6.39. The topological polar surface area (TPSA) is 66.5 Å². The zero-order chi connectivity index (χ0) is 17.2. The van der Waals surface area contributed by atoms with Crippen LogP contribution >= 0.6 is 0 Å². The molecule has 128 valence electrons. The molecule has 1 aromatic rings. The minimum atomic E-state index is -3.04. The van der Waals surface area contributed by atoms with Gasteiger partial charge in [-0.15, -0.1) is 0 Å². The lowest BCUT2D eigenvalue weighted by molar-refractivity contribution is 0.187. The Morgan fingerprint density at radius 2 is 1.91 bits per heavy atom. The van der Waals surface area contributed by atoms with Crippen molar-refractivity contribution in [3.8, 4) is 0 Å². The molecule has 0 aromatic heterocycles. The molecule has 1 N–H and O–H groups in total. The van der Waals surface area contributed by atoms with E-state index < -0.39 is 9.84 Å². The molecule has 2 atom stereocenters. The lowest BCUT2D eigenvalue weighted by atomic mass is 9.96. The van der Waals surface area contributed by atoms with Crippen LogP contribution < -0.4 is 5.32 Å². The SMILES string of the molecule is CC(C)C(NC(=O)N(C)C1CCS(=O)(=O)C1)c1ccc(F)cc1. The molecular weight excluding hydrogens is 319 g/mol. The standard InChI is InChI=1S/C16H23FN2O3S/c1-11(2)15(12-4-6-13(17)7-5-12)18-16(20)19(3)14-8-9-23(21,22)10-14/h4-7,11,14-15H,8-10H2,1-3H3,(H,18,20). The van der Waals surface area contributed by atoms with Crippen molar-refractivity contribution >= 4 is 15.9 Å². The molecule has 0 aliphatic carbocycles. The van der Waals surface area contributed by atoms with Crippen molar-refractivity contribution in [3.63, 3.8) is 0 Å². The normalized spacial score (nSPS) is 21.2. The van der Waals surface area contributed by atoms with Crippen LogP contribution in [0.2, 0.25) is 0 Å². The number of benzene rings is 1. The number of hydrogen-bond acceptors (Lipinski definition) is 3. The molecule has 2 rings (SSSR count). The Hall–Kier alpha value is -1.63. The van der Waals surface area contributed by atoms with Crippen LogP contribution in [0.3, 0.4) is 0 Å². The highest BCUT2D eigenvalue weighted by Gasteiger charge is 2.33. The fourth-order valence-electron chi connectivity index (χ4n) is 2.79. The molecule has 7 heteroatoms. The molecule has 0 radical (unpaired) electrons. The fraction of sp³-hybridized carbons (Fsp3) is 0.562. The Labute approximate surface area is 136 Å². The van der Waals surface area contributed by atoms with E-state index in [1.54, 1.807) is 19.2 Å². The summed E-state index contributed by atoms with van der Waals surface area (Å²) < 4.78 is 36.2. The Morgan fingerprint density at radius 3 is 2.39 bits per heavy atom. The van der Waals surface area contributed by atoms with Crippen LogP contribution in [0.5, 0.6) is 0 Å². The molecule has 0 spiro atoms. The van der Waals surface area contributed by atoms with Crippen LogP contribution in [0.25, 0.3) is 0 Å². The van der Waals surface area contributed by atoms with Crippen LogP contribution in [-0.4, -0.2) is 43.9 Å². The molecular formula is C16H23FN2O3S. The molecule has 2 unspecified atom stereocenters. The van der Waals surface area contributed by atoms with Crippen LogP contribution in [0.4, 0.5) is 9.18 Å². The summed E-state index contributed by atoms with van der Waals surface area (Å²) >= 11 is 0. The first-order valence-corrected chi connectivity index (χ1v) is 9.51. The third-order valence-electron chi connectivity index (χ3n) is 4.25. The Bertz CT molecular complexity index is 658. The van der Waals surface area contributed by atoms with E-state index in [2.05, 4.69) is 5.32 Å². The van der Waals surface area contributed by atoms with E-state index >= 15 is 0 Å². The number of carbonyl (C=O) groups excluding carboxylic acids is 1. The summed E-state index contributed by atoms with van der Waals surface area (Å²) in [5, 5.41) is 2.93. The monoisotopic (exact) mass is 342 g/mol. The first-order chi connectivity index (χ1) is 10.7. The largest absolute Gasteiger partial charge is 0.331 e. The third-order valence-corrected chi connectivity index (χ3v) is 6.00. The predicted molar refractivity (Wildman–Crippen MR) is 87.3 cm³/mol. The Kier molecular flexibility index (Phi) is 5.29. The van der Waals surface area contributed by atoms with Gasteiger partial charge in [0.1, 0.15) is 5.82 Å². The minimum Gasteiger partial charge on any atom is -0.331 e. The summed E-state index contributed by atoms with van der Waals surface area (Å²) in [5.74, 6) is -0.0679. The van der Waals surface area contributed by atoms with Crippen molar-refractivity contribution in [1.29, 1.82) is 0 Å². The first-order valence-electron chi connectivity index (χ1n) is 7.69. The van der Waals surface area contributed by atoms with Crippen molar-refractivity contribution in [2.45, 2.75) is 32.4 Å². The van der Waals surface area contributed by atoms with Gasteiger partial charge in [0.25, 0.3) is 0 Å². The van der Waals surface area contributed by atoms with Crippen LogP contribution in [0, 0.1) is 11.7 Å². The maximum Gasteiger partial charge on any atom is 0.317 e. The van der Waals surface area contributed by atoms with Crippen molar-refractivity contribution in [1.82, 2.24) is 10.2 Å². The van der Waals surface area contributed by atoms with E-state index in [-0.39, 0.29) is 41.4 Å². The van der Waals surface area contributed by atoms with Gasteiger partial charge in [-0.1, -0.05) is 26.0 Å². The molecule has 2 amide bonds. The van der Waals surface area contributed by atoms with Gasteiger partial charge in [0.05, 0.1) is 17.5 Å². The van der Waals surface area contributed by atoms with Gasteiger partial charge in [0, 0.05) is 13.1 Å². The lowest BCUT2D eigenvalue weighted by Gasteiger charge is -2.29. The number of sulfone groups is 1. The Morgan fingerprint density at radius 1 is 1.30 bits per heavy atom. The van der Waals surface area contributed by atoms with E-state index in [9.17, 15) is 17.6 Å². The van der Waals surface area contributed by atoms with Gasteiger partial charge in [-0.05, 0) is 30.0 Å². The average molecular weight is 342 g/mol. The average Bonchev–Trinajstić information content (AvgIpc) is 2.84. The van der Waals surface area contributed by atoms with Crippen molar-refractivity contribution in [3.05, 3.63) is 35.6 Å². The summed E-state index contributed by atoms with van der Waals surface area (Å²) in [7, 11) is -1.43. The smallest absolute Gasteiger partial charge is 0.317 e. The van der Waals surface area contributed by atoms with Crippen LogP contribution in [-0.2, 0) is 9.84 Å². The lowest BCUT2D eigenvalue weighted by Crippen LogP contribution is -2.46. The van der Waals surface area contributed by atoms with Crippen molar-refractivity contribution in [2.24, 2.45) is 5.92 Å². The van der Waals surface area contributed by atoms with Gasteiger partial charge in [0.15, 0.2) is 9.84 Å². The maximum atomic E-state index is 13.1. The molecule has 1 aliphatic rings. The second kappa shape index (κ2) is 6.86. The molecule has 0 saturated carbocycles. The number of carbonyl (C=O) groups is 1. The fourth-order valence-corrected chi connectivity index (χ4v) is 4.56. The molecule has 1 aromatic carbocycles. The summed E-state index contributed by atoms with van der Waals surface area (Å²) in [6.07, 6.45) is 0.467. The van der Waals surface area contributed by atoms with Gasteiger partial charge < -0.3 is 10.2 Å². The number of hydrogen-bond donors (Lipinski definition) is 1. The first kappa shape index (κ1) is 17.7. The summed E-state index contributed by atoms with van der Waals surface area (Å²) in [6, 6.07) is 5.18. The van der Waals surface area contributed by atoms with Crippen molar-refractivity contribution in [2.75, 3.05) is 18.6 Å². The zero-order valence-corrected chi connectivity index (χ0v) is 14.4. The van der Waals surface area contributed by atoms with Gasteiger partial charge in [0.2, 0.25) is 0 Å². The Balaban J connectivity index is 2.07. The van der Waals surface area contributed by atoms with Crippen molar-refractivity contribution < 1.29 is 17.6 Å². The quantitative estimate of drug-likeness (QED) is 0.913. The summed E-state index contributed by atoms with van der Waals surface area (Å²) in [4.78, 5) is 13.9. The van der Waals surface area contributed by atoms with Crippen LogP contribution in [0.15, 0.2) is 24.3 Å². The van der Waals surface area contributed by atoms with Gasteiger partial charge >= 0.3 is 6.03 Å². The highest BCUT2D eigenvalue weighted by atomic mass is 32.2. The van der Waals surface area contributed by atoms with Gasteiger partial charge in [-0.25, -0.2) is 17.6 Å². The number of rotatable bonds is 4. The summed E-state index contributed by atoms with van der Waals surface area (Å²) in [6.45, 7) is 3.93. The second-order valence-corrected chi connectivity index (χ2v) is 8.62. The van der Waals surface area contributed by atoms with E-state index in [0.29, 0.717) is 6.42 Å². The third kappa shape index (κ3) is 4.43.